The van der Waals surface area contributed by atoms with Gasteiger partial charge in [0.05, 0.1) is 17.6 Å². The minimum Gasteiger partial charge on any atom is -0.437 e. The number of nitrogens with one attached hydrogen (secondary N) is 2. The van der Waals surface area contributed by atoms with Gasteiger partial charge in [-0.2, -0.15) is 10.2 Å². The van der Waals surface area contributed by atoms with E-state index in [1.807, 2.05) is 11.0 Å². The molecule has 5 heterocycles. The third kappa shape index (κ3) is 2.85. The molecule has 0 spiro atoms. The van der Waals surface area contributed by atoms with Gasteiger partial charge < -0.3 is 30.3 Å². The number of hydrogen-bond donors (Lipinski definition) is 3. The summed E-state index contributed by atoms with van der Waals surface area (Å²) in [5.74, 6) is 0.131. The molecule has 3 aliphatic rings. The Morgan fingerprint density at radius 2 is 2.03 bits per heavy atom. The van der Waals surface area contributed by atoms with Crippen molar-refractivity contribution < 1.29 is 8.81 Å². The van der Waals surface area contributed by atoms with E-state index >= 15 is 0 Å². The molecule has 164 valence electrons. The zero-order valence-electron chi connectivity index (χ0n) is 17.3. The predicted octanol–water partition coefficient (Wildman–Crippen LogP) is 1.61. The lowest BCUT2D eigenvalue weighted by Gasteiger charge is -2.37. The molecule has 0 saturated carbocycles. The molecule has 2 unspecified atom stereocenters. The summed E-state index contributed by atoms with van der Waals surface area (Å²) < 4.78 is 20.1. The predicted molar refractivity (Wildman–Crippen MR) is 117 cm³/mol. The van der Waals surface area contributed by atoms with Gasteiger partial charge in [-0.05, 0) is 31.4 Å². The van der Waals surface area contributed by atoms with Crippen LogP contribution in [-0.4, -0.2) is 41.7 Å². The van der Waals surface area contributed by atoms with Crippen LogP contribution in [0.2, 0.25) is 0 Å². The second-order valence-electron chi connectivity index (χ2n) is 8.76. The van der Waals surface area contributed by atoms with Gasteiger partial charge in [-0.25, -0.2) is 9.18 Å². The first-order chi connectivity index (χ1) is 15.5. The van der Waals surface area contributed by atoms with E-state index in [1.165, 1.54) is 6.07 Å². The molecule has 6 rings (SSSR count). The Labute approximate surface area is 182 Å². The molecule has 0 aliphatic carbocycles. The summed E-state index contributed by atoms with van der Waals surface area (Å²) in [6.45, 7) is 2.76. The van der Waals surface area contributed by atoms with Gasteiger partial charge in [0.15, 0.2) is 5.58 Å². The Kier molecular flexibility index (Phi) is 4.16. The van der Waals surface area contributed by atoms with Crippen LogP contribution in [0.25, 0.3) is 11.0 Å². The zero-order valence-corrected chi connectivity index (χ0v) is 17.3. The van der Waals surface area contributed by atoms with Crippen molar-refractivity contribution in [1.82, 2.24) is 15.3 Å². The molecule has 2 bridgehead atoms. The van der Waals surface area contributed by atoms with Crippen molar-refractivity contribution in [3.05, 3.63) is 45.3 Å². The number of benzene rings is 1. The lowest BCUT2D eigenvalue weighted by atomic mass is 10.0. The Hall–Kier alpha value is -3.58. The Morgan fingerprint density at radius 1 is 1.25 bits per heavy atom. The minimum absolute atomic E-state index is 0.00462. The molecule has 0 amide bonds. The average molecular weight is 435 g/mol. The van der Waals surface area contributed by atoms with Crippen LogP contribution in [0.15, 0.2) is 21.3 Å². The van der Waals surface area contributed by atoms with Gasteiger partial charge in [0.1, 0.15) is 23.3 Å². The van der Waals surface area contributed by atoms with Gasteiger partial charge in [-0.15, -0.1) is 0 Å². The first-order valence-electron chi connectivity index (χ1n) is 10.8. The lowest BCUT2D eigenvalue weighted by molar-refractivity contribution is 0.461. The van der Waals surface area contributed by atoms with E-state index in [0.717, 1.165) is 43.0 Å². The van der Waals surface area contributed by atoms with Crippen LogP contribution in [0, 0.1) is 17.1 Å². The van der Waals surface area contributed by atoms with E-state index in [-0.39, 0.29) is 28.1 Å². The number of aromatic nitrogens is 2. The van der Waals surface area contributed by atoms with Crippen molar-refractivity contribution in [3.63, 3.8) is 0 Å². The number of piperazine rings is 1. The maximum Gasteiger partial charge on any atom is 0.347 e. The molecule has 2 saturated heterocycles. The van der Waals surface area contributed by atoms with E-state index in [1.54, 1.807) is 6.07 Å². The molecule has 2 atom stereocenters. The minimum atomic E-state index is -0.550. The number of nitrogen functional groups attached to an aromatic ring is 1. The van der Waals surface area contributed by atoms with Gasteiger partial charge in [-0.3, -0.25) is 0 Å². The van der Waals surface area contributed by atoms with E-state index in [4.69, 9.17) is 10.2 Å². The van der Waals surface area contributed by atoms with Gasteiger partial charge >= 0.3 is 5.69 Å². The number of rotatable bonds is 2. The van der Waals surface area contributed by atoms with Gasteiger partial charge in [0.25, 0.3) is 0 Å². The number of H-pyrrole nitrogens is 1. The molecule has 2 fully saturated rings. The van der Waals surface area contributed by atoms with Gasteiger partial charge in [-0.1, -0.05) is 0 Å². The maximum absolute atomic E-state index is 14.5. The fourth-order valence-corrected chi connectivity index (χ4v) is 5.41. The van der Waals surface area contributed by atoms with Gasteiger partial charge in [0, 0.05) is 43.0 Å². The van der Waals surface area contributed by atoms with Crippen LogP contribution in [-0.2, 0) is 13.0 Å². The summed E-state index contributed by atoms with van der Waals surface area (Å²) in [4.78, 5) is 23.9. The molecular weight excluding hydrogens is 413 g/mol. The van der Waals surface area contributed by atoms with Gasteiger partial charge in [0.2, 0.25) is 5.88 Å². The van der Waals surface area contributed by atoms with Crippen LogP contribution >= 0.6 is 0 Å². The number of hydrogen-bond acceptors (Lipinski definition) is 8. The average Bonchev–Trinajstić information content (AvgIpc) is 3.30. The molecule has 0 radical (unpaired) electrons. The Bertz CT molecular complexity index is 1330. The van der Waals surface area contributed by atoms with E-state index < -0.39 is 5.82 Å². The second kappa shape index (κ2) is 6.97. The van der Waals surface area contributed by atoms with Crippen LogP contribution in [0.3, 0.4) is 0 Å². The Balaban J connectivity index is 1.38. The van der Waals surface area contributed by atoms with Crippen molar-refractivity contribution in [2.45, 2.75) is 37.9 Å². The molecule has 9 nitrogen and oxygen atoms in total. The fourth-order valence-electron chi connectivity index (χ4n) is 5.41. The third-order valence-corrected chi connectivity index (χ3v) is 6.84. The van der Waals surface area contributed by atoms with Crippen LogP contribution < -0.4 is 26.5 Å². The summed E-state index contributed by atoms with van der Waals surface area (Å²) in [6, 6.07) is 5.75. The summed E-state index contributed by atoms with van der Waals surface area (Å²) in [5.41, 5.74) is 8.19. The van der Waals surface area contributed by atoms with Crippen molar-refractivity contribution in [3.8, 4) is 6.07 Å². The summed E-state index contributed by atoms with van der Waals surface area (Å²) in [5, 5.41) is 13.1. The molecule has 4 N–H and O–H groups in total. The highest BCUT2D eigenvalue weighted by molar-refractivity contribution is 5.97. The number of fused-ring (bicyclic) bond motifs is 4. The largest absolute Gasteiger partial charge is 0.437 e. The highest BCUT2D eigenvalue weighted by atomic mass is 19.1. The van der Waals surface area contributed by atoms with Crippen LogP contribution in [0.5, 0.6) is 0 Å². The standard InChI is InChI=1S/C22H22FN7O2/c23-15-3-4-17(19-18(15)14(7-24)20(25)32-19)29-6-5-13-16(10-29)27-22(31)28-21(13)30-8-11-1-2-12(9-30)26-11/h3-4,11-12,26H,1-2,5-6,8-10,25H2,(H,27,28,31). The summed E-state index contributed by atoms with van der Waals surface area (Å²) >= 11 is 0. The quantitative estimate of drug-likeness (QED) is 0.554. The number of nitrogens with zero attached hydrogens (tertiary/aromatic N) is 4. The number of nitrogens with two attached hydrogens (primary N) is 1. The van der Waals surface area contributed by atoms with E-state index in [9.17, 15) is 14.4 Å². The number of nitriles is 1. The van der Waals surface area contributed by atoms with Crippen molar-refractivity contribution >= 4 is 28.4 Å². The van der Waals surface area contributed by atoms with Crippen molar-refractivity contribution in [1.29, 1.82) is 5.26 Å². The molecule has 1 aromatic carbocycles. The van der Waals surface area contributed by atoms with Crippen molar-refractivity contribution in [2.24, 2.45) is 0 Å². The normalized spacial score (nSPS) is 22.2. The molecule has 3 aromatic rings. The van der Waals surface area contributed by atoms with E-state index in [0.29, 0.717) is 37.3 Å². The second-order valence-corrected chi connectivity index (χ2v) is 8.76. The number of anilines is 3. The molecule has 32 heavy (non-hydrogen) atoms. The smallest absolute Gasteiger partial charge is 0.347 e. The molecule has 2 aromatic heterocycles. The Morgan fingerprint density at radius 3 is 2.78 bits per heavy atom. The number of aromatic amines is 1. The topological polar surface area (TPSA) is 127 Å². The molecular formula is C22H22FN7O2. The number of halogens is 1. The van der Waals surface area contributed by atoms with E-state index in [2.05, 4.69) is 20.2 Å². The lowest BCUT2D eigenvalue weighted by Crippen LogP contribution is -2.52. The zero-order chi connectivity index (χ0) is 22.0. The highest BCUT2D eigenvalue weighted by Crippen LogP contribution is 2.38. The third-order valence-electron chi connectivity index (χ3n) is 6.84. The SMILES string of the molecule is N#Cc1c(N)oc2c(N3CCc4c(N5CC6CCC(C5)N6)nc(=O)[nH]c4C3)ccc(F)c12. The first-order valence-corrected chi connectivity index (χ1v) is 10.8. The van der Waals surface area contributed by atoms with Crippen LogP contribution in [0.4, 0.5) is 21.8 Å². The molecule has 3 aliphatic heterocycles. The summed E-state index contributed by atoms with van der Waals surface area (Å²) in [6.07, 6.45) is 2.98. The van der Waals surface area contributed by atoms with Crippen LogP contribution in [0.1, 0.15) is 29.7 Å². The highest BCUT2D eigenvalue weighted by Gasteiger charge is 2.35. The first kappa shape index (κ1) is 19.1. The molecule has 10 heteroatoms. The van der Waals surface area contributed by atoms with Crippen molar-refractivity contribution in [2.75, 3.05) is 35.2 Å². The maximum atomic E-state index is 14.5. The monoisotopic (exact) mass is 435 g/mol. The fraction of sp³-hybridized carbons (Fsp3) is 0.409. The number of furan rings is 1. The summed E-state index contributed by atoms with van der Waals surface area (Å²) in [7, 11) is 0.